The van der Waals surface area contributed by atoms with Crippen LogP contribution in [0.5, 0.6) is 5.75 Å². The van der Waals surface area contributed by atoms with Crippen LogP contribution in [0.15, 0.2) is 54.9 Å². The van der Waals surface area contributed by atoms with E-state index in [1.807, 2.05) is 39.0 Å². The fourth-order valence-corrected chi connectivity index (χ4v) is 3.19. The number of ether oxygens (including phenoxy) is 1. The lowest BCUT2D eigenvalue weighted by atomic mass is 10.0. The summed E-state index contributed by atoms with van der Waals surface area (Å²) in [6, 6.07) is 12.7. The molecular weight excluding hydrogens is 366 g/mol. The van der Waals surface area contributed by atoms with Crippen LogP contribution < -0.4 is 15.4 Å². The molecule has 0 spiro atoms. The number of nitrogens with zero attached hydrogens (tertiary/aromatic N) is 1. The summed E-state index contributed by atoms with van der Waals surface area (Å²) in [4.78, 5) is 29.4. The van der Waals surface area contributed by atoms with Crippen LogP contribution >= 0.6 is 0 Å². The first kappa shape index (κ1) is 20.1. The summed E-state index contributed by atoms with van der Waals surface area (Å²) < 4.78 is 5.25. The molecule has 0 unspecified atom stereocenters. The van der Waals surface area contributed by atoms with Crippen LogP contribution in [0.4, 0.5) is 11.4 Å². The normalized spacial score (nSPS) is 10.3. The van der Waals surface area contributed by atoms with Gasteiger partial charge in [0, 0.05) is 18.1 Å². The number of nitrogens with one attached hydrogen (secondary N) is 2. The molecule has 0 aliphatic carbocycles. The van der Waals surface area contributed by atoms with Crippen LogP contribution in [0.2, 0.25) is 0 Å². The van der Waals surface area contributed by atoms with E-state index in [4.69, 9.17) is 4.74 Å². The molecule has 0 saturated carbocycles. The van der Waals surface area contributed by atoms with Gasteiger partial charge in [-0.05, 0) is 50.1 Å². The molecule has 6 nitrogen and oxygen atoms in total. The number of methoxy groups -OCH3 is 1. The van der Waals surface area contributed by atoms with Gasteiger partial charge in [0.1, 0.15) is 5.75 Å². The Kier molecular flexibility index (Phi) is 5.93. The van der Waals surface area contributed by atoms with Crippen molar-refractivity contribution in [2.24, 2.45) is 0 Å². The maximum Gasteiger partial charge on any atom is 0.257 e. The number of para-hydroxylation sites is 2. The summed E-state index contributed by atoms with van der Waals surface area (Å²) in [5, 5.41) is 5.71. The number of carbonyl (C=O) groups is 2. The Labute approximate surface area is 169 Å². The Morgan fingerprint density at radius 3 is 2.07 bits per heavy atom. The van der Waals surface area contributed by atoms with Gasteiger partial charge in [0.15, 0.2) is 0 Å². The smallest absolute Gasteiger partial charge is 0.257 e. The monoisotopic (exact) mass is 389 g/mol. The molecule has 1 heterocycles. The fraction of sp³-hybridized carbons (Fsp3) is 0.174. The van der Waals surface area contributed by atoms with Crippen molar-refractivity contribution in [1.82, 2.24) is 4.98 Å². The second-order valence-electron chi connectivity index (χ2n) is 6.84. The van der Waals surface area contributed by atoms with E-state index in [0.29, 0.717) is 17.0 Å². The van der Waals surface area contributed by atoms with Gasteiger partial charge in [-0.2, -0.15) is 0 Å². The van der Waals surface area contributed by atoms with Crippen molar-refractivity contribution in [3.8, 4) is 5.75 Å². The number of aryl methyl sites for hydroxylation is 3. The second-order valence-corrected chi connectivity index (χ2v) is 6.84. The van der Waals surface area contributed by atoms with E-state index in [2.05, 4.69) is 15.6 Å². The molecule has 0 aliphatic rings. The topological polar surface area (TPSA) is 80.3 Å². The summed E-state index contributed by atoms with van der Waals surface area (Å²) in [6.45, 7) is 5.91. The third kappa shape index (κ3) is 4.60. The van der Waals surface area contributed by atoms with Crippen LogP contribution in [-0.2, 0) is 0 Å². The maximum absolute atomic E-state index is 12.7. The third-order valence-electron chi connectivity index (χ3n) is 4.53. The molecular formula is C23H23N3O3. The number of carbonyl (C=O) groups excluding carboxylic acids is 2. The molecule has 0 bridgehead atoms. The highest BCUT2D eigenvalue weighted by atomic mass is 16.5. The summed E-state index contributed by atoms with van der Waals surface area (Å²) in [5.74, 6) is -0.146. The highest BCUT2D eigenvalue weighted by Gasteiger charge is 2.15. The average molecular weight is 389 g/mol. The van der Waals surface area contributed by atoms with Gasteiger partial charge in [0.05, 0.1) is 23.9 Å². The number of aromatic nitrogens is 1. The molecule has 2 amide bonds. The summed E-state index contributed by atoms with van der Waals surface area (Å²) in [7, 11) is 1.53. The molecule has 1 aromatic heterocycles. The minimum Gasteiger partial charge on any atom is -0.495 e. The number of hydrogen-bond acceptors (Lipinski definition) is 4. The number of hydrogen-bond donors (Lipinski definition) is 2. The van der Waals surface area contributed by atoms with Crippen molar-refractivity contribution in [3.05, 3.63) is 82.7 Å². The van der Waals surface area contributed by atoms with Gasteiger partial charge >= 0.3 is 0 Å². The molecule has 3 aromatic rings. The fourth-order valence-electron chi connectivity index (χ4n) is 3.19. The molecule has 0 saturated heterocycles. The van der Waals surface area contributed by atoms with Crippen molar-refractivity contribution < 1.29 is 14.3 Å². The van der Waals surface area contributed by atoms with Crippen molar-refractivity contribution in [2.75, 3.05) is 17.7 Å². The van der Waals surface area contributed by atoms with E-state index >= 15 is 0 Å². The standard InChI is InChI=1S/C23H23N3O3/c1-14-9-15(2)21(16(3)10-14)26-23(28)18-11-17(12-24-13-18)22(27)25-19-7-5-6-8-20(19)29-4/h5-13H,1-4H3,(H,25,27)(H,26,28). The molecule has 0 radical (unpaired) electrons. The number of anilines is 2. The molecule has 6 heteroatoms. The molecule has 0 fully saturated rings. The van der Waals surface area contributed by atoms with Crippen molar-refractivity contribution in [2.45, 2.75) is 20.8 Å². The molecule has 2 N–H and O–H groups in total. The third-order valence-corrected chi connectivity index (χ3v) is 4.53. The van der Waals surface area contributed by atoms with Gasteiger partial charge in [-0.1, -0.05) is 29.8 Å². The van der Waals surface area contributed by atoms with Gasteiger partial charge in [0.2, 0.25) is 0 Å². The predicted molar refractivity (Wildman–Crippen MR) is 114 cm³/mol. The lowest BCUT2D eigenvalue weighted by Gasteiger charge is -2.13. The maximum atomic E-state index is 12.7. The predicted octanol–water partition coefficient (Wildman–Crippen LogP) is 4.52. The Morgan fingerprint density at radius 2 is 1.45 bits per heavy atom. The minimum absolute atomic E-state index is 0.279. The van der Waals surface area contributed by atoms with Crippen LogP contribution in [0.1, 0.15) is 37.4 Å². The van der Waals surface area contributed by atoms with E-state index in [1.54, 1.807) is 18.2 Å². The molecule has 0 atom stereocenters. The van der Waals surface area contributed by atoms with Crippen molar-refractivity contribution in [3.63, 3.8) is 0 Å². The Morgan fingerprint density at radius 1 is 0.862 bits per heavy atom. The first-order valence-corrected chi connectivity index (χ1v) is 9.17. The summed E-state index contributed by atoms with van der Waals surface area (Å²) in [6.07, 6.45) is 2.86. The molecule has 3 rings (SSSR count). The number of benzene rings is 2. The van der Waals surface area contributed by atoms with Gasteiger partial charge < -0.3 is 15.4 Å². The molecule has 148 valence electrons. The molecule has 0 aliphatic heterocycles. The van der Waals surface area contributed by atoms with Gasteiger partial charge in [-0.25, -0.2) is 0 Å². The lowest BCUT2D eigenvalue weighted by molar-refractivity contribution is 0.102. The summed E-state index contributed by atoms with van der Waals surface area (Å²) in [5.41, 5.74) is 4.99. The van der Waals surface area contributed by atoms with E-state index in [-0.39, 0.29) is 17.4 Å². The van der Waals surface area contributed by atoms with Crippen LogP contribution in [0.3, 0.4) is 0 Å². The molecule has 2 aromatic carbocycles. The van der Waals surface area contributed by atoms with Crippen molar-refractivity contribution >= 4 is 23.2 Å². The highest BCUT2D eigenvalue weighted by molar-refractivity contribution is 6.09. The van der Waals surface area contributed by atoms with E-state index in [9.17, 15) is 9.59 Å². The highest BCUT2D eigenvalue weighted by Crippen LogP contribution is 2.24. The van der Waals surface area contributed by atoms with Crippen LogP contribution in [0, 0.1) is 20.8 Å². The van der Waals surface area contributed by atoms with Crippen LogP contribution in [0.25, 0.3) is 0 Å². The zero-order chi connectivity index (χ0) is 21.0. The zero-order valence-electron chi connectivity index (χ0n) is 16.9. The van der Waals surface area contributed by atoms with Gasteiger partial charge in [-0.15, -0.1) is 0 Å². The van der Waals surface area contributed by atoms with E-state index in [0.717, 1.165) is 22.4 Å². The number of amides is 2. The SMILES string of the molecule is COc1ccccc1NC(=O)c1cncc(C(=O)Nc2c(C)cc(C)cc2C)c1. The quantitative estimate of drug-likeness (QED) is 0.672. The Hall–Kier alpha value is -3.67. The number of rotatable bonds is 5. The molecule has 29 heavy (non-hydrogen) atoms. The lowest BCUT2D eigenvalue weighted by Crippen LogP contribution is -2.17. The van der Waals surface area contributed by atoms with Crippen molar-refractivity contribution in [1.29, 1.82) is 0 Å². The number of pyridine rings is 1. The zero-order valence-corrected chi connectivity index (χ0v) is 16.9. The minimum atomic E-state index is -0.376. The Bertz CT molecular complexity index is 1050. The van der Waals surface area contributed by atoms with E-state index in [1.165, 1.54) is 25.6 Å². The van der Waals surface area contributed by atoms with Gasteiger partial charge in [0.25, 0.3) is 11.8 Å². The summed E-state index contributed by atoms with van der Waals surface area (Å²) >= 11 is 0. The van der Waals surface area contributed by atoms with Gasteiger partial charge in [-0.3, -0.25) is 14.6 Å². The van der Waals surface area contributed by atoms with E-state index < -0.39 is 0 Å². The Balaban J connectivity index is 1.80. The average Bonchev–Trinajstić information content (AvgIpc) is 2.71. The largest absolute Gasteiger partial charge is 0.495 e. The first-order valence-electron chi connectivity index (χ1n) is 9.17. The first-order chi connectivity index (χ1) is 13.9. The van der Waals surface area contributed by atoms with Crippen LogP contribution in [-0.4, -0.2) is 23.9 Å². The second kappa shape index (κ2) is 8.56.